The summed E-state index contributed by atoms with van der Waals surface area (Å²) in [5, 5.41) is 20.4. The Bertz CT molecular complexity index is 1580. The van der Waals surface area contributed by atoms with Gasteiger partial charge in [0.2, 0.25) is 0 Å². The lowest BCUT2D eigenvalue weighted by Crippen LogP contribution is -2.07. The van der Waals surface area contributed by atoms with Gasteiger partial charge in [-0.1, -0.05) is 71.8 Å². The van der Waals surface area contributed by atoms with Crippen LogP contribution in [0.2, 0.25) is 10.0 Å². The fourth-order valence-corrected chi connectivity index (χ4v) is 5.17. The van der Waals surface area contributed by atoms with Gasteiger partial charge in [0.1, 0.15) is 12.3 Å². The molecule has 0 fully saturated rings. The second-order valence-electron chi connectivity index (χ2n) is 9.98. The highest BCUT2D eigenvalue weighted by Gasteiger charge is 2.14. The Balaban J connectivity index is 1.34. The van der Waals surface area contributed by atoms with E-state index in [-0.39, 0.29) is 13.0 Å². The number of fused-ring (bicyclic) bond motifs is 1. The maximum absolute atomic E-state index is 11.5. The van der Waals surface area contributed by atoms with E-state index in [1.165, 1.54) is 0 Å². The molecule has 42 heavy (non-hydrogen) atoms. The van der Waals surface area contributed by atoms with Crippen LogP contribution in [0.1, 0.15) is 47.9 Å². The number of carboxylic acids is 2. The molecule has 1 heterocycles. The zero-order chi connectivity index (χ0) is 30.1. The smallest absolute Gasteiger partial charge is 0.323 e. The van der Waals surface area contributed by atoms with Gasteiger partial charge >= 0.3 is 11.9 Å². The van der Waals surface area contributed by atoms with Crippen molar-refractivity contribution in [3.05, 3.63) is 93.1 Å². The maximum atomic E-state index is 11.5. The van der Waals surface area contributed by atoms with Gasteiger partial charge in [0.15, 0.2) is 5.75 Å². The van der Waals surface area contributed by atoms with Crippen molar-refractivity contribution >= 4 is 58.2 Å². The molecule has 0 radical (unpaired) electrons. The van der Waals surface area contributed by atoms with Gasteiger partial charge in [-0.15, -0.1) is 0 Å². The lowest BCUT2D eigenvalue weighted by Gasteiger charge is -2.11. The first-order valence-corrected chi connectivity index (χ1v) is 14.5. The Kier molecular flexibility index (Phi) is 10.9. The third-order valence-electron chi connectivity index (χ3n) is 6.79. The number of rotatable bonds is 15. The zero-order valence-electron chi connectivity index (χ0n) is 23.3. The van der Waals surface area contributed by atoms with Gasteiger partial charge in [-0.25, -0.2) is 0 Å². The minimum absolute atomic E-state index is 0.0674. The highest BCUT2D eigenvalue weighted by Crippen LogP contribution is 2.35. The Hall–Kier alpha value is -3.94. The summed E-state index contributed by atoms with van der Waals surface area (Å²) < 4.78 is 13.4. The summed E-state index contributed by atoms with van der Waals surface area (Å²) in [6.45, 7) is 2.77. The minimum Gasteiger partial charge on any atom is -0.494 e. The first-order valence-electron chi connectivity index (χ1n) is 13.8. The number of halogens is 2. The largest absolute Gasteiger partial charge is 0.494 e. The molecule has 0 aliphatic rings. The van der Waals surface area contributed by atoms with E-state index >= 15 is 0 Å². The van der Waals surface area contributed by atoms with Gasteiger partial charge in [-0.3, -0.25) is 9.59 Å². The zero-order valence-corrected chi connectivity index (χ0v) is 24.8. The average Bonchev–Trinajstić information content (AvgIpc) is 3.30. The minimum atomic E-state index is -0.939. The molecule has 3 aromatic carbocycles. The number of aromatic nitrogens is 1. The summed E-state index contributed by atoms with van der Waals surface area (Å²) in [4.78, 5) is 22.5. The summed E-state index contributed by atoms with van der Waals surface area (Å²) in [5.74, 6) is -0.498. The van der Waals surface area contributed by atoms with Crippen molar-refractivity contribution in [1.29, 1.82) is 0 Å². The van der Waals surface area contributed by atoms with Gasteiger partial charge in [0, 0.05) is 18.0 Å². The molecule has 9 heteroatoms. The van der Waals surface area contributed by atoms with Crippen LogP contribution in [0.4, 0.5) is 0 Å². The molecule has 0 aliphatic carbocycles. The topological polar surface area (TPSA) is 98.0 Å². The van der Waals surface area contributed by atoms with E-state index in [1.54, 1.807) is 10.6 Å². The van der Waals surface area contributed by atoms with Gasteiger partial charge in [-0.05, 0) is 73.1 Å². The fourth-order valence-electron chi connectivity index (χ4n) is 4.69. The van der Waals surface area contributed by atoms with Gasteiger partial charge in [0.05, 0.1) is 28.8 Å². The Morgan fingerprint density at radius 3 is 2.33 bits per heavy atom. The summed E-state index contributed by atoms with van der Waals surface area (Å²) in [6.07, 6.45) is 8.47. The molecule has 4 rings (SSSR count). The highest BCUT2D eigenvalue weighted by molar-refractivity contribution is 6.37. The average molecular weight is 611 g/mol. The number of carbonyl (C=O) groups is 2. The summed E-state index contributed by atoms with van der Waals surface area (Å²) in [5.41, 5.74) is 4.53. The van der Waals surface area contributed by atoms with Crippen LogP contribution in [0.5, 0.6) is 11.5 Å². The standard InChI is InChI=1S/C33H33Cl2NO6/c1-22-10-17-28(34)33(31(22)35)42-19-3-2-18-41-26-15-12-23(13-16-26)11-14-24-6-4-8-27-25(7-5-9-29(37)38)20-36(32(24)27)21-30(39)40/h4,6,8,10-17,20H,2-3,5,7,9,18-19,21H2,1H3,(H,37,38)(H,39,40)/b14-11+. The number of ether oxygens (including phenoxy) is 2. The number of unbranched alkanes of at least 4 members (excludes halogenated alkanes) is 1. The van der Waals surface area contributed by atoms with Crippen LogP contribution in [-0.4, -0.2) is 39.9 Å². The molecule has 0 saturated heterocycles. The molecule has 4 aromatic rings. The van der Waals surface area contributed by atoms with Crippen molar-refractivity contribution in [2.45, 2.75) is 45.6 Å². The van der Waals surface area contributed by atoms with Crippen molar-refractivity contribution in [2.75, 3.05) is 13.2 Å². The lowest BCUT2D eigenvalue weighted by molar-refractivity contribution is -0.138. The van der Waals surface area contributed by atoms with E-state index in [1.807, 2.05) is 73.8 Å². The van der Waals surface area contributed by atoms with Crippen molar-refractivity contribution < 1.29 is 29.3 Å². The predicted octanol–water partition coefficient (Wildman–Crippen LogP) is 8.16. The second-order valence-corrected chi connectivity index (χ2v) is 10.8. The third kappa shape index (κ3) is 8.30. The molecule has 0 aliphatic heterocycles. The van der Waals surface area contributed by atoms with Crippen LogP contribution in [0.3, 0.4) is 0 Å². The van der Waals surface area contributed by atoms with Crippen molar-refractivity contribution in [1.82, 2.24) is 4.57 Å². The molecule has 0 amide bonds. The van der Waals surface area contributed by atoms with E-state index < -0.39 is 11.9 Å². The summed E-state index contributed by atoms with van der Waals surface area (Å²) in [7, 11) is 0. The number of hydrogen-bond acceptors (Lipinski definition) is 4. The predicted molar refractivity (Wildman–Crippen MR) is 167 cm³/mol. The van der Waals surface area contributed by atoms with Crippen molar-refractivity contribution in [3.8, 4) is 11.5 Å². The number of benzene rings is 3. The molecule has 220 valence electrons. The summed E-state index contributed by atoms with van der Waals surface area (Å²) >= 11 is 12.5. The van der Waals surface area contributed by atoms with E-state index in [0.717, 1.165) is 51.7 Å². The molecule has 7 nitrogen and oxygen atoms in total. The number of para-hydroxylation sites is 1. The molecule has 0 bridgehead atoms. The number of aryl methyl sites for hydroxylation is 2. The molecule has 0 unspecified atom stereocenters. The van der Waals surface area contributed by atoms with Crippen LogP contribution < -0.4 is 9.47 Å². The molecular weight excluding hydrogens is 577 g/mol. The van der Waals surface area contributed by atoms with Crippen LogP contribution >= 0.6 is 23.2 Å². The fraction of sp³-hybridized carbons (Fsp3) is 0.273. The Labute approximate surface area is 254 Å². The molecule has 0 saturated carbocycles. The maximum Gasteiger partial charge on any atom is 0.323 e. The van der Waals surface area contributed by atoms with E-state index in [2.05, 4.69) is 0 Å². The molecule has 1 aromatic heterocycles. The van der Waals surface area contributed by atoms with Crippen molar-refractivity contribution in [2.24, 2.45) is 0 Å². The van der Waals surface area contributed by atoms with Crippen LogP contribution in [0.15, 0.2) is 60.8 Å². The van der Waals surface area contributed by atoms with Crippen LogP contribution in [0.25, 0.3) is 23.1 Å². The molecule has 0 atom stereocenters. The van der Waals surface area contributed by atoms with E-state index in [9.17, 15) is 14.7 Å². The number of hydrogen-bond donors (Lipinski definition) is 2. The number of aliphatic carboxylic acids is 2. The highest BCUT2D eigenvalue weighted by atomic mass is 35.5. The number of carboxylic acid groups (broad SMARTS) is 2. The normalized spacial score (nSPS) is 11.3. The first kappa shape index (κ1) is 31.0. The summed E-state index contributed by atoms with van der Waals surface area (Å²) in [6, 6.07) is 17.2. The lowest BCUT2D eigenvalue weighted by atomic mass is 10.0. The molecule has 0 spiro atoms. The van der Waals surface area contributed by atoms with Gasteiger partial charge < -0.3 is 24.3 Å². The van der Waals surface area contributed by atoms with E-state index in [0.29, 0.717) is 41.9 Å². The number of nitrogens with zero attached hydrogens (tertiary/aromatic N) is 1. The van der Waals surface area contributed by atoms with Crippen LogP contribution in [0, 0.1) is 6.92 Å². The molecular formula is C33H33Cl2NO6. The van der Waals surface area contributed by atoms with Gasteiger partial charge in [-0.2, -0.15) is 0 Å². The SMILES string of the molecule is Cc1ccc(Cl)c(OCCCCOc2ccc(/C=C/c3cccc4c(CCCC(=O)O)cn(CC(=O)O)c34)cc2)c1Cl. The third-order valence-corrected chi connectivity index (χ3v) is 7.55. The second kappa shape index (κ2) is 14.8. The van der Waals surface area contributed by atoms with Crippen LogP contribution in [-0.2, 0) is 22.6 Å². The van der Waals surface area contributed by atoms with Gasteiger partial charge in [0.25, 0.3) is 0 Å². The van der Waals surface area contributed by atoms with E-state index in [4.69, 9.17) is 37.8 Å². The quantitative estimate of drug-likeness (QED) is 0.104. The van der Waals surface area contributed by atoms with Crippen molar-refractivity contribution in [3.63, 3.8) is 0 Å². The first-order chi connectivity index (χ1) is 20.2. The Morgan fingerprint density at radius 2 is 1.62 bits per heavy atom. The monoisotopic (exact) mass is 609 g/mol. The Morgan fingerprint density at radius 1 is 0.881 bits per heavy atom. The molecule has 2 N–H and O–H groups in total.